The molecule has 2 N–H and O–H groups in total. The minimum absolute atomic E-state index is 0.0939. The second kappa shape index (κ2) is 9.56. The number of esters is 1. The number of epoxide rings is 2. The number of ether oxygens (including phenoxy) is 3. The van der Waals surface area contributed by atoms with Crippen molar-refractivity contribution in [2.75, 3.05) is 0 Å². The van der Waals surface area contributed by atoms with Crippen molar-refractivity contribution >= 4 is 17.8 Å². The Morgan fingerprint density at radius 3 is 2.51 bits per heavy atom. The van der Waals surface area contributed by atoms with E-state index in [-0.39, 0.29) is 30.0 Å². The second-order valence-electron chi connectivity index (χ2n) is 11.9. The van der Waals surface area contributed by atoms with Crippen LogP contribution >= 0.6 is 0 Å². The molecule has 5 rings (SSSR count). The number of aliphatic hydroxyl groups is 2. The van der Waals surface area contributed by atoms with E-state index in [9.17, 15) is 19.8 Å². The van der Waals surface area contributed by atoms with Crippen molar-refractivity contribution in [1.82, 2.24) is 4.98 Å². The Balaban J connectivity index is 1.41. The lowest BCUT2D eigenvalue weighted by atomic mass is 9.58. The minimum atomic E-state index is -1.17. The molecule has 0 aromatic carbocycles. The summed E-state index contributed by atoms with van der Waals surface area (Å²) in [7, 11) is 0. The summed E-state index contributed by atoms with van der Waals surface area (Å²) in [5.74, 6) is -1.47. The van der Waals surface area contributed by atoms with Crippen molar-refractivity contribution < 1.29 is 34.0 Å². The van der Waals surface area contributed by atoms with E-state index < -0.39 is 41.2 Å². The van der Waals surface area contributed by atoms with Crippen LogP contribution in [0.5, 0.6) is 0 Å². The molecule has 4 fully saturated rings. The molecule has 4 heterocycles. The lowest BCUT2D eigenvalue weighted by molar-refractivity contribution is -0.161. The molecule has 1 aromatic heterocycles. The summed E-state index contributed by atoms with van der Waals surface area (Å²) in [6, 6.07) is 5.63. The zero-order chi connectivity index (χ0) is 26.6. The predicted octanol–water partition coefficient (Wildman–Crippen LogP) is 3.38. The number of carbonyl (C=O) groups is 2. The highest BCUT2D eigenvalue weighted by atomic mass is 16.6. The summed E-state index contributed by atoms with van der Waals surface area (Å²) in [6.07, 6.45) is 4.08. The molecular weight excluding hydrogens is 474 g/mol. The number of rotatable bonds is 2. The molecule has 202 valence electrons. The second-order valence-corrected chi connectivity index (χ2v) is 11.9. The van der Waals surface area contributed by atoms with Gasteiger partial charge in [-0.2, -0.15) is 0 Å². The van der Waals surface area contributed by atoms with E-state index in [2.05, 4.69) is 4.98 Å². The molecule has 4 aliphatic rings. The molecule has 8 heteroatoms. The summed E-state index contributed by atoms with van der Waals surface area (Å²) in [5, 5.41) is 22.3. The van der Waals surface area contributed by atoms with Crippen LogP contribution < -0.4 is 0 Å². The zero-order valence-electron chi connectivity index (χ0n) is 22.2. The van der Waals surface area contributed by atoms with Crippen LogP contribution in [-0.4, -0.2) is 68.7 Å². The van der Waals surface area contributed by atoms with E-state index >= 15 is 0 Å². The fourth-order valence-electron chi connectivity index (χ4n) is 6.37. The van der Waals surface area contributed by atoms with Gasteiger partial charge in [0.15, 0.2) is 0 Å². The van der Waals surface area contributed by atoms with Gasteiger partial charge in [-0.15, -0.1) is 0 Å². The smallest absolute Gasteiger partial charge is 0.309 e. The third kappa shape index (κ3) is 4.89. The topological polar surface area (TPSA) is 122 Å². The first kappa shape index (κ1) is 26.5. The van der Waals surface area contributed by atoms with Gasteiger partial charge >= 0.3 is 5.97 Å². The van der Waals surface area contributed by atoms with Crippen LogP contribution in [0.3, 0.4) is 0 Å². The van der Waals surface area contributed by atoms with Gasteiger partial charge in [0.1, 0.15) is 17.5 Å². The lowest BCUT2D eigenvalue weighted by Gasteiger charge is -2.46. The predicted molar refractivity (Wildman–Crippen MR) is 135 cm³/mol. The average Bonchev–Trinajstić information content (AvgIpc) is 3.70. The lowest BCUT2D eigenvalue weighted by Crippen LogP contribution is -2.54. The molecule has 1 aromatic rings. The van der Waals surface area contributed by atoms with Gasteiger partial charge in [0.25, 0.3) is 0 Å². The number of Topliss-reactive ketones (excluding diaryl/α,β-unsaturated/α-hetero) is 1. The SMILES string of the molecule is CC(=Cc1ccccn1)[C@@H]1C[C@@H]2O[C@]2(C)CCC2OC2(C)[C@H](O)[C@@H](C)C(=O)C2(CCC2)[C@@H](O)CC(=O)O1. The number of carbonyl (C=O) groups excluding carboxylic acids is 2. The highest BCUT2D eigenvalue weighted by molar-refractivity contribution is 5.89. The third-order valence-corrected chi connectivity index (χ3v) is 9.40. The van der Waals surface area contributed by atoms with Crippen LogP contribution in [0.15, 0.2) is 30.0 Å². The summed E-state index contributed by atoms with van der Waals surface area (Å²) < 4.78 is 18.0. The first-order valence-electron chi connectivity index (χ1n) is 13.5. The Morgan fingerprint density at radius 2 is 1.86 bits per heavy atom. The van der Waals surface area contributed by atoms with E-state index in [1.165, 1.54) is 0 Å². The largest absolute Gasteiger partial charge is 0.458 e. The highest BCUT2D eigenvalue weighted by Gasteiger charge is 2.63. The number of nitrogens with zero attached hydrogens (tertiary/aromatic N) is 1. The molecule has 8 nitrogen and oxygen atoms in total. The number of aromatic nitrogens is 1. The number of hydrogen-bond acceptors (Lipinski definition) is 8. The maximum atomic E-state index is 13.6. The molecule has 1 spiro atoms. The van der Waals surface area contributed by atoms with E-state index in [1.54, 1.807) is 13.1 Å². The van der Waals surface area contributed by atoms with Crippen molar-refractivity contribution in [3.05, 3.63) is 35.7 Å². The molecular formula is C29H39NO7. The molecule has 0 amide bonds. The van der Waals surface area contributed by atoms with E-state index in [0.717, 1.165) is 24.1 Å². The average molecular weight is 514 g/mol. The molecule has 3 saturated heterocycles. The number of hydrogen-bond donors (Lipinski definition) is 2. The molecule has 1 aliphatic carbocycles. The highest BCUT2D eigenvalue weighted by Crippen LogP contribution is 2.52. The normalized spacial score (nSPS) is 42.3. The quantitative estimate of drug-likeness (QED) is 0.456. The van der Waals surface area contributed by atoms with Crippen molar-refractivity contribution in [1.29, 1.82) is 0 Å². The van der Waals surface area contributed by atoms with Crippen molar-refractivity contribution in [2.45, 2.75) is 114 Å². The van der Waals surface area contributed by atoms with Gasteiger partial charge < -0.3 is 24.4 Å². The number of aliphatic hydroxyl groups excluding tert-OH is 2. The zero-order valence-corrected chi connectivity index (χ0v) is 22.2. The summed E-state index contributed by atoms with van der Waals surface area (Å²) >= 11 is 0. The third-order valence-electron chi connectivity index (χ3n) is 9.40. The van der Waals surface area contributed by atoms with Crippen molar-refractivity contribution in [3.8, 4) is 0 Å². The van der Waals surface area contributed by atoms with Crippen LogP contribution in [0.1, 0.15) is 78.3 Å². The maximum Gasteiger partial charge on any atom is 0.309 e. The van der Waals surface area contributed by atoms with Gasteiger partial charge in [0.2, 0.25) is 0 Å². The van der Waals surface area contributed by atoms with Crippen LogP contribution in [0.4, 0.5) is 0 Å². The summed E-state index contributed by atoms with van der Waals surface area (Å²) in [5.41, 5.74) is -0.609. The fourth-order valence-corrected chi connectivity index (χ4v) is 6.37. The number of pyridine rings is 1. The molecule has 0 bridgehead atoms. The van der Waals surface area contributed by atoms with Crippen LogP contribution in [0.25, 0.3) is 6.08 Å². The molecule has 8 atom stereocenters. The molecule has 2 unspecified atom stereocenters. The molecule has 37 heavy (non-hydrogen) atoms. The van der Waals surface area contributed by atoms with E-state index in [0.29, 0.717) is 25.7 Å². The summed E-state index contributed by atoms with van der Waals surface area (Å²) in [4.78, 5) is 31.0. The van der Waals surface area contributed by atoms with Crippen molar-refractivity contribution in [3.63, 3.8) is 0 Å². The van der Waals surface area contributed by atoms with Crippen LogP contribution in [0.2, 0.25) is 0 Å². The monoisotopic (exact) mass is 513 g/mol. The van der Waals surface area contributed by atoms with Gasteiger partial charge in [0.05, 0.1) is 47.5 Å². The van der Waals surface area contributed by atoms with Crippen molar-refractivity contribution in [2.24, 2.45) is 11.3 Å². The minimum Gasteiger partial charge on any atom is -0.458 e. The van der Waals surface area contributed by atoms with Gasteiger partial charge in [-0.3, -0.25) is 14.6 Å². The Kier molecular flexibility index (Phi) is 6.84. The van der Waals surface area contributed by atoms with E-state index in [1.807, 2.05) is 45.0 Å². The van der Waals surface area contributed by atoms with Crippen LogP contribution in [-0.2, 0) is 23.8 Å². The fraction of sp³-hybridized carbons (Fsp3) is 0.690. The van der Waals surface area contributed by atoms with Gasteiger partial charge in [-0.1, -0.05) is 19.4 Å². The standard InChI is InChI=1S/C29H39NO7/c1-17(14-19-8-5-6-13-30-19)20-15-23-27(3,36-23)12-9-22-28(4,37-22)25(33)18(2)26(34)29(10-7-11-29)21(31)16-24(32)35-20/h5-6,8,13-14,18,20-23,25,31,33H,7,9-12,15-16H2,1-4H3/t18-,20+,21+,22?,23+,25-,27-,28?/m1/s1. The first-order chi connectivity index (χ1) is 17.5. The number of cyclic esters (lactones) is 1. The van der Waals surface area contributed by atoms with Gasteiger partial charge in [0, 0.05) is 18.5 Å². The van der Waals surface area contributed by atoms with Gasteiger partial charge in [-0.05, 0) is 70.2 Å². The molecule has 0 radical (unpaired) electrons. The first-order valence-corrected chi connectivity index (χ1v) is 13.5. The Morgan fingerprint density at radius 1 is 1.11 bits per heavy atom. The van der Waals surface area contributed by atoms with Crippen LogP contribution in [0, 0.1) is 11.3 Å². The Labute approximate surface area is 218 Å². The number of ketones is 1. The Bertz CT molecular complexity index is 1070. The van der Waals surface area contributed by atoms with Gasteiger partial charge in [-0.25, -0.2) is 0 Å². The summed E-state index contributed by atoms with van der Waals surface area (Å²) in [6.45, 7) is 7.51. The molecule has 1 saturated carbocycles. The Hall–Kier alpha value is -2.13. The van der Waals surface area contributed by atoms with E-state index in [4.69, 9.17) is 14.2 Å². The molecule has 3 aliphatic heterocycles. The maximum absolute atomic E-state index is 13.6. The number of fused-ring (bicyclic) bond motifs is 2.